The second kappa shape index (κ2) is 34.8. The predicted molar refractivity (Wildman–Crippen MR) is 220 cm³/mol. The Morgan fingerprint density at radius 2 is 1.19 bits per heavy atom. The Morgan fingerprint density at radius 3 is 1.75 bits per heavy atom. The van der Waals surface area contributed by atoms with Crippen LogP contribution in [0.2, 0.25) is 0 Å². The normalized spacial score (nSPS) is 14.7. The molecule has 0 aromatic heterocycles. The zero-order valence-electron chi connectivity index (χ0n) is 34.7. The monoisotopic (exact) mass is 769 g/mol. The maximum atomic E-state index is 12.8. The zero-order chi connectivity index (χ0) is 39.5. The third kappa shape index (κ3) is 37.1. The van der Waals surface area contributed by atoms with Crippen LogP contribution in [0.5, 0.6) is 0 Å². The molecule has 0 aromatic carbocycles. The number of hydrogen-bond donors (Lipinski definition) is 2. The lowest BCUT2D eigenvalue weighted by Gasteiger charge is -2.29. The third-order valence-electron chi connectivity index (χ3n) is 9.32. The summed E-state index contributed by atoms with van der Waals surface area (Å²) in [6.07, 6.45) is 37.3. The topological polar surface area (TPSA) is 125 Å². The minimum Gasteiger partial charge on any atom is -0.756 e. The number of nitrogens with zero attached hydrogens (tertiary/aromatic N) is 1. The van der Waals surface area contributed by atoms with Gasteiger partial charge in [0, 0.05) is 12.8 Å². The van der Waals surface area contributed by atoms with E-state index in [0.29, 0.717) is 23.9 Å². The lowest BCUT2D eigenvalue weighted by molar-refractivity contribution is -0.870. The van der Waals surface area contributed by atoms with Gasteiger partial charge in [0.05, 0.1) is 39.9 Å². The van der Waals surface area contributed by atoms with Crippen LogP contribution in [0, 0.1) is 0 Å². The number of ketones is 1. The molecule has 9 nitrogen and oxygen atoms in total. The number of aliphatic hydroxyl groups excluding tert-OH is 1. The Kier molecular flexibility index (Phi) is 33.8. The van der Waals surface area contributed by atoms with Crippen molar-refractivity contribution in [3.05, 3.63) is 36.5 Å². The number of aliphatic hydroxyl groups is 1. The molecule has 0 heterocycles. The number of phosphoric acid groups is 1. The van der Waals surface area contributed by atoms with Crippen molar-refractivity contribution in [2.24, 2.45) is 0 Å². The van der Waals surface area contributed by atoms with Gasteiger partial charge in [0.2, 0.25) is 5.91 Å². The van der Waals surface area contributed by atoms with E-state index in [-0.39, 0.29) is 24.7 Å². The number of likely N-dealkylation sites (N-methyl/N-ethyl adjacent to an activating group) is 1. The second-order valence-electron chi connectivity index (χ2n) is 15.7. The van der Waals surface area contributed by atoms with Gasteiger partial charge in [-0.2, -0.15) is 0 Å². The Hall–Kier alpha value is -1.61. The molecule has 0 spiro atoms. The molecular formula is C43H81N2O7P. The summed E-state index contributed by atoms with van der Waals surface area (Å²) in [6, 6.07) is -0.915. The molecular weight excluding hydrogens is 687 g/mol. The first kappa shape index (κ1) is 51.4. The number of carbonyl (C=O) groups is 2. The van der Waals surface area contributed by atoms with Crippen LogP contribution in [0.3, 0.4) is 0 Å². The number of hydrogen-bond acceptors (Lipinski definition) is 7. The fourth-order valence-corrected chi connectivity index (χ4v) is 6.56. The number of phosphoric ester groups is 1. The Balaban J connectivity index is 4.54. The third-order valence-corrected chi connectivity index (χ3v) is 10.3. The van der Waals surface area contributed by atoms with Crippen LogP contribution in [0.15, 0.2) is 36.5 Å². The highest BCUT2D eigenvalue weighted by Crippen LogP contribution is 2.38. The van der Waals surface area contributed by atoms with Crippen LogP contribution in [-0.2, 0) is 23.2 Å². The van der Waals surface area contributed by atoms with Gasteiger partial charge in [-0.3, -0.25) is 14.2 Å². The highest BCUT2D eigenvalue weighted by Gasteiger charge is 2.23. The van der Waals surface area contributed by atoms with Crippen LogP contribution < -0.4 is 10.2 Å². The fourth-order valence-electron chi connectivity index (χ4n) is 5.84. The van der Waals surface area contributed by atoms with Crippen molar-refractivity contribution in [2.45, 2.75) is 187 Å². The van der Waals surface area contributed by atoms with E-state index in [1.54, 1.807) is 12.2 Å². The molecule has 3 atom stereocenters. The van der Waals surface area contributed by atoms with Crippen LogP contribution in [0.1, 0.15) is 174 Å². The second-order valence-corrected chi connectivity index (χ2v) is 17.1. The smallest absolute Gasteiger partial charge is 0.268 e. The Bertz CT molecular complexity index is 1020. The number of rotatable bonds is 38. The van der Waals surface area contributed by atoms with Gasteiger partial charge in [-0.05, 0) is 44.6 Å². The van der Waals surface area contributed by atoms with Gasteiger partial charge in [0.15, 0.2) is 5.78 Å². The first-order chi connectivity index (χ1) is 25.4. The number of unbranched alkanes of at least 4 members (excludes halogenated alkanes) is 20. The van der Waals surface area contributed by atoms with Gasteiger partial charge in [-0.15, -0.1) is 0 Å². The summed E-state index contributed by atoms with van der Waals surface area (Å²) < 4.78 is 23.1. The molecule has 10 heteroatoms. The van der Waals surface area contributed by atoms with E-state index < -0.39 is 26.6 Å². The standard InChI is InChI=1S/C43H81N2O7P/c1-6-8-10-11-12-13-14-15-16-17-18-21-24-27-31-35-42(47)41(39-52-53(49,50)51-38-37-45(3,4)5)44-43(48)36-32-28-25-22-19-20-23-26-30-34-40(46)33-29-9-7-2/h23,26,30-31,34-35,41-42,47H,6-22,24-25,27-29,32-33,36-39H2,1-5H3,(H-,44,48,49,50)/b26-23-,34-30+,35-31+/t41-,42+/m0/s1. The molecule has 0 aliphatic rings. The van der Waals surface area contributed by atoms with Gasteiger partial charge in [0.1, 0.15) is 13.2 Å². The quantitative estimate of drug-likeness (QED) is 0.0160. The maximum absolute atomic E-state index is 12.8. The van der Waals surface area contributed by atoms with Crippen molar-refractivity contribution in [1.29, 1.82) is 0 Å². The van der Waals surface area contributed by atoms with Crippen molar-refractivity contribution in [3.8, 4) is 0 Å². The number of carbonyl (C=O) groups excluding carboxylic acids is 2. The number of allylic oxidation sites excluding steroid dienone is 5. The molecule has 0 saturated carbocycles. The molecule has 0 aliphatic heterocycles. The summed E-state index contributed by atoms with van der Waals surface area (Å²) in [4.78, 5) is 37.0. The van der Waals surface area contributed by atoms with Crippen LogP contribution in [0.25, 0.3) is 0 Å². The Morgan fingerprint density at radius 1 is 0.698 bits per heavy atom. The minimum absolute atomic E-state index is 0.0174. The summed E-state index contributed by atoms with van der Waals surface area (Å²) in [7, 11) is 1.20. The van der Waals surface area contributed by atoms with Crippen molar-refractivity contribution in [3.63, 3.8) is 0 Å². The predicted octanol–water partition coefficient (Wildman–Crippen LogP) is 10.1. The average Bonchev–Trinajstić information content (AvgIpc) is 3.10. The molecule has 2 N–H and O–H groups in total. The van der Waals surface area contributed by atoms with Crippen molar-refractivity contribution < 1.29 is 37.7 Å². The van der Waals surface area contributed by atoms with Gasteiger partial charge in [0.25, 0.3) is 7.82 Å². The molecule has 0 aromatic rings. The largest absolute Gasteiger partial charge is 0.756 e. The van der Waals surface area contributed by atoms with Crippen molar-refractivity contribution in [2.75, 3.05) is 40.9 Å². The average molecular weight is 769 g/mol. The lowest BCUT2D eigenvalue weighted by atomic mass is 10.0. The molecule has 0 bridgehead atoms. The molecule has 0 rings (SSSR count). The van der Waals surface area contributed by atoms with E-state index in [9.17, 15) is 24.2 Å². The first-order valence-corrected chi connectivity index (χ1v) is 22.8. The fraction of sp³-hybridized carbons (Fsp3) is 0.814. The van der Waals surface area contributed by atoms with Crippen LogP contribution in [-0.4, -0.2) is 74.3 Å². The van der Waals surface area contributed by atoms with E-state index in [4.69, 9.17) is 9.05 Å². The highest BCUT2D eigenvalue weighted by atomic mass is 31.2. The molecule has 0 radical (unpaired) electrons. The maximum Gasteiger partial charge on any atom is 0.268 e. The molecule has 53 heavy (non-hydrogen) atoms. The van der Waals surface area contributed by atoms with Gasteiger partial charge in [-0.1, -0.05) is 153 Å². The summed E-state index contributed by atoms with van der Waals surface area (Å²) in [5, 5.41) is 13.7. The summed E-state index contributed by atoms with van der Waals surface area (Å²) in [5.41, 5.74) is 0. The number of amides is 1. The Labute approximate surface area is 325 Å². The van der Waals surface area contributed by atoms with Crippen LogP contribution >= 0.6 is 7.82 Å². The molecule has 1 unspecified atom stereocenters. The van der Waals surface area contributed by atoms with Gasteiger partial charge < -0.3 is 28.8 Å². The van der Waals surface area contributed by atoms with E-state index >= 15 is 0 Å². The molecule has 310 valence electrons. The summed E-state index contributed by atoms with van der Waals surface area (Å²) >= 11 is 0. The molecule has 0 aliphatic carbocycles. The van der Waals surface area contributed by atoms with E-state index in [0.717, 1.165) is 70.6 Å². The minimum atomic E-state index is -4.60. The first-order valence-electron chi connectivity index (χ1n) is 21.3. The number of nitrogens with one attached hydrogen (secondary N) is 1. The summed E-state index contributed by atoms with van der Waals surface area (Å²) in [5.74, 6) is -0.0594. The van der Waals surface area contributed by atoms with Crippen molar-refractivity contribution in [1.82, 2.24) is 5.32 Å². The van der Waals surface area contributed by atoms with E-state index in [1.807, 2.05) is 39.4 Å². The van der Waals surface area contributed by atoms with Gasteiger partial charge >= 0.3 is 0 Å². The van der Waals surface area contributed by atoms with E-state index in [1.165, 1.54) is 70.6 Å². The number of quaternary nitrogens is 1. The SMILES string of the molecule is CCCCCCCCCCCCCCC/C=C/[C@@H](O)[C@H](COP(=O)([O-])OCC[N+](C)(C)C)NC(=O)CCCCCCC/C=C\C=C\C(=O)CCCCC. The lowest BCUT2D eigenvalue weighted by Crippen LogP contribution is -2.45. The summed E-state index contributed by atoms with van der Waals surface area (Å²) in [6.45, 7) is 4.44. The highest BCUT2D eigenvalue weighted by molar-refractivity contribution is 7.45. The molecule has 1 amide bonds. The van der Waals surface area contributed by atoms with Crippen LogP contribution in [0.4, 0.5) is 0 Å². The molecule has 0 saturated heterocycles. The van der Waals surface area contributed by atoms with E-state index in [2.05, 4.69) is 25.2 Å². The molecule has 0 fully saturated rings. The van der Waals surface area contributed by atoms with Crippen molar-refractivity contribution >= 4 is 19.5 Å². The zero-order valence-corrected chi connectivity index (χ0v) is 35.6. The van der Waals surface area contributed by atoms with Gasteiger partial charge in [-0.25, -0.2) is 0 Å².